The van der Waals surface area contributed by atoms with Crippen LogP contribution in [-0.2, 0) is 11.7 Å². The van der Waals surface area contributed by atoms with Crippen molar-refractivity contribution >= 4 is 15.9 Å². The Balaban J connectivity index is 2.41. The standard InChI is InChI=1S/C13H15BrF3N/c14-11-7-9(6-10(8-11)13(15,16)17)12(18)4-2-1-3-5-12/h6-8H,1-5,18H2. The molecule has 0 atom stereocenters. The molecule has 1 fully saturated rings. The average Bonchev–Trinajstić information content (AvgIpc) is 2.28. The second kappa shape index (κ2) is 4.85. The Hall–Kier alpha value is -0.550. The molecule has 100 valence electrons. The number of rotatable bonds is 1. The van der Waals surface area contributed by atoms with Crippen LogP contribution in [0.5, 0.6) is 0 Å². The predicted molar refractivity (Wildman–Crippen MR) is 68.1 cm³/mol. The molecule has 1 aromatic carbocycles. The molecule has 0 spiro atoms. The van der Waals surface area contributed by atoms with E-state index >= 15 is 0 Å². The lowest BCUT2D eigenvalue weighted by atomic mass is 9.77. The summed E-state index contributed by atoms with van der Waals surface area (Å²) in [5.41, 5.74) is 5.61. The zero-order chi connectivity index (χ0) is 13.4. The van der Waals surface area contributed by atoms with Crippen molar-refractivity contribution in [2.45, 2.75) is 43.8 Å². The third-order valence-corrected chi connectivity index (χ3v) is 4.00. The van der Waals surface area contributed by atoms with E-state index in [0.29, 0.717) is 10.0 Å². The van der Waals surface area contributed by atoms with Gasteiger partial charge in [0.1, 0.15) is 0 Å². The topological polar surface area (TPSA) is 26.0 Å². The van der Waals surface area contributed by atoms with Gasteiger partial charge in [-0.1, -0.05) is 35.2 Å². The largest absolute Gasteiger partial charge is 0.416 e. The van der Waals surface area contributed by atoms with Gasteiger partial charge in [0.15, 0.2) is 0 Å². The van der Waals surface area contributed by atoms with E-state index in [1.165, 1.54) is 6.07 Å². The zero-order valence-corrected chi connectivity index (χ0v) is 11.4. The number of benzene rings is 1. The van der Waals surface area contributed by atoms with E-state index in [-0.39, 0.29) is 0 Å². The van der Waals surface area contributed by atoms with Crippen LogP contribution in [0.15, 0.2) is 22.7 Å². The number of hydrogen-bond acceptors (Lipinski definition) is 1. The first-order valence-corrected chi connectivity index (χ1v) is 6.78. The van der Waals surface area contributed by atoms with Crippen molar-refractivity contribution in [1.82, 2.24) is 0 Å². The SMILES string of the molecule is NC1(c2cc(Br)cc(C(F)(F)F)c2)CCCCC1. The molecule has 1 aliphatic carbocycles. The molecule has 2 rings (SSSR count). The molecule has 5 heteroatoms. The maximum atomic E-state index is 12.8. The minimum atomic E-state index is -4.33. The highest BCUT2D eigenvalue weighted by molar-refractivity contribution is 9.10. The molecular formula is C13H15BrF3N. The molecule has 2 N–H and O–H groups in total. The van der Waals surface area contributed by atoms with Gasteiger partial charge in [-0.25, -0.2) is 0 Å². The molecular weight excluding hydrogens is 307 g/mol. The van der Waals surface area contributed by atoms with Crippen molar-refractivity contribution in [3.8, 4) is 0 Å². The fourth-order valence-electron chi connectivity index (χ4n) is 2.51. The van der Waals surface area contributed by atoms with E-state index in [9.17, 15) is 13.2 Å². The smallest absolute Gasteiger partial charge is 0.321 e. The van der Waals surface area contributed by atoms with Crippen molar-refractivity contribution < 1.29 is 13.2 Å². The van der Waals surface area contributed by atoms with Gasteiger partial charge in [-0.05, 0) is 36.6 Å². The van der Waals surface area contributed by atoms with Crippen LogP contribution < -0.4 is 5.73 Å². The fourth-order valence-corrected chi connectivity index (χ4v) is 3.01. The predicted octanol–water partition coefficient (Wildman–Crippen LogP) is 4.59. The second-order valence-electron chi connectivity index (χ2n) is 4.94. The highest BCUT2D eigenvalue weighted by Crippen LogP contribution is 2.39. The molecule has 0 radical (unpaired) electrons. The second-order valence-corrected chi connectivity index (χ2v) is 5.86. The Bertz CT molecular complexity index is 436. The van der Waals surface area contributed by atoms with E-state index in [0.717, 1.165) is 38.2 Å². The fraction of sp³-hybridized carbons (Fsp3) is 0.538. The molecule has 0 unspecified atom stereocenters. The molecule has 1 aliphatic rings. The van der Waals surface area contributed by atoms with Crippen LogP contribution in [0, 0.1) is 0 Å². The van der Waals surface area contributed by atoms with Crippen LogP contribution in [0.2, 0.25) is 0 Å². The Morgan fingerprint density at radius 3 is 2.22 bits per heavy atom. The molecule has 0 bridgehead atoms. The molecule has 1 saturated carbocycles. The lowest BCUT2D eigenvalue weighted by Crippen LogP contribution is -2.38. The van der Waals surface area contributed by atoms with Crippen molar-refractivity contribution in [3.63, 3.8) is 0 Å². The molecule has 0 saturated heterocycles. The number of alkyl halides is 3. The third kappa shape index (κ3) is 2.88. The number of nitrogens with two attached hydrogens (primary N) is 1. The first-order valence-electron chi connectivity index (χ1n) is 5.98. The van der Waals surface area contributed by atoms with Crippen LogP contribution in [0.4, 0.5) is 13.2 Å². The van der Waals surface area contributed by atoms with Gasteiger partial charge in [-0.15, -0.1) is 0 Å². The first kappa shape index (κ1) is 13.9. The van der Waals surface area contributed by atoms with Crippen LogP contribution >= 0.6 is 15.9 Å². The summed E-state index contributed by atoms with van der Waals surface area (Å²) >= 11 is 3.14. The van der Waals surface area contributed by atoms with E-state index in [4.69, 9.17) is 5.73 Å². The maximum Gasteiger partial charge on any atom is 0.416 e. The summed E-state index contributed by atoms with van der Waals surface area (Å²) in [5.74, 6) is 0. The summed E-state index contributed by atoms with van der Waals surface area (Å²) in [6.45, 7) is 0. The van der Waals surface area contributed by atoms with Crippen LogP contribution in [0.3, 0.4) is 0 Å². The quantitative estimate of drug-likeness (QED) is 0.804. The van der Waals surface area contributed by atoms with Crippen LogP contribution in [0.25, 0.3) is 0 Å². The van der Waals surface area contributed by atoms with Gasteiger partial charge in [0.05, 0.1) is 5.56 Å². The average molecular weight is 322 g/mol. The summed E-state index contributed by atoms with van der Waals surface area (Å²) in [6, 6.07) is 3.99. The van der Waals surface area contributed by atoms with Gasteiger partial charge in [-0.3, -0.25) is 0 Å². The van der Waals surface area contributed by atoms with Crippen molar-refractivity contribution in [2.75, 3.05) is 0 Å². The first-order chi connectivity index (χ1) is 8.31. The summed E-state index contributed by atoms with van der Waals surface area (Å²) in [4.78, 5) is 0. The minimum absolute atomic E-state index is 0.433. The van der Waals surface area contributed by atoms with Gasteiger partial charge in [0.2, 0.25) is 0 Å². The van der Waals surface area contributed by atoms with E-state index in [1.54, 1.807) is 6.07 Å². The molecule has 1 aromatic rings. The molecule has 0 heterocycles. The normalized spacial score (nSPS) is 19.8. The summed E-state index contributed by atoms with van der Waals surface area (Å²) in [6.07, 6.45) is 0.235. The summed E-state index contributed by atoms with van der Waals surface area (Å²) in [7, 11) is 0. The van der Waals surface area contributed by atoms with E-state index in [2.05, 4.69) is 15.9 Å². The number of halogens is 4. The molecule has 1 nitrogen and oxygen atoms in total. The minimum Gasteiger partial charge on any atom is -0.321 e. The van der Waals surface area contributed by atoms with Gasteiger partial charge < -0.3 is 5.73 Å². The third-order valence-electron chi connectivity index (χ3n) is 3.55. The summed E-state index contributed by atoms with van der Waals surface area (Å²) < 4.78 is 38.8. The molecule has 18 heavy (non-hydrogen) atoms. The lowest BCUT2D eigenvalue weighted by Gasteiger charge is -2.34. The van der Waals surface area contributed by atoms with E-state index in [1.807, 2.05) is 0 Å². The Morgan fingerprint density at radius 1 is 1.06 bits per heavy atom. The summed E-state index contributed by atoms with van der Waals surface area (Å²) in [5, 5.41) is 0. The molecule has 0 amide bonds. The molecule has 0 aromatic heterocycles. The Labute approximate surface area is 113 Å². The van der Waals surface area contributed by atoms with E-state index < -0.39 is 17.3 Å². The van der Waals surface area contributed by atoms with Crippen LogP contribution in [-0.4, -0.2) is 0 Å². The highest BCUT2D eigenvalue weighted by Gasteiger charge is 2.35. The van der Waals surface area contributed by atoms with Gasteiger partial charge in [0.25, 0.3) is 0 Å². The lowest BCUT2D eigenvalue weighted by molar-refractivity contribution is -0.137. The Morgan fingerprint density at radius 2 is 1.67 bits per heavy atom. The molecule has 0 aliphatic heterocycles. The van der Waals surface area contributed by atoms with Crippen molar-refractivity contribution in [2.24, 2.45) is 5.73 Å². The highest BCUT2D eigenvalue weighted by atomic mass is 79.9. The van der Waals surface area contributed by atoms with Crippen molar-refractivity contribution in [1.29, 1.82) is 0 Å². The Kier molecular flexibility index (Phi) is 3.74. The number of hydrogen-bond donors (Lipinski definition) is 1. The van der Waals surface area contributed by atoms with Crippen LogP contribution in [0.1, 0.15) is 43.2 Å². The monoisotopic (exact) mass is 321 g/mol. The van der Waals surface area contributed by atoms with Gasteiger partial charge >= 0.3 is 6.18 Å². The maximum absolute atomic E-state index is 12.8. The zero-order valence-electron chi connectivity index (χ0n) is 9.86. The van der Waals surface area contributed by atoms with Crippen molar-refractivity contribution in [3.05, 3.63) is 33.8 Å². The van der Waals surface area contributed by atoms with Gasteiger partial charge in [0, 0.05) is 10.0 Å². The van der Waals surface area contributed by atoms with Gasteiger partial charge in [-0.2, -0.15) is 13.2 Å².